The first-order valence-corrected chi connectivity index (χ1v) is 16.7. The van der Waals surface area contributed by atoms with Crippen LogP contribution < -0.4 is 16.4 Å². The molecule has 0 saturated carbocycles. The number of amides is 5. The van der Waals surface area contributed by atoms with Gasteiger partial charge in [0.05, 0.1) is 11.1 Å². The number of rotatable bonds is 19. The van der Waals surface area contributed by atoms with Crippen LogP contribution in [0.25, 0.3) is 0 Å². The summed E-state index contributed by atoms with van der Waals surface area (Å²) in [5, 5.41) is 5.63. The van der Waals surface area contributed by atoms with Crippen LogP contribution in [0.2, 0.25) is 0 Å². The Morgan fingerprint density at radius 3 is 1.88 bits per heavy atom. The minimum absolute atomic E-state index is 0.0402. The first kappa shape index (κ1) is 36.6. The Morgan fingerprint density at radius 2 is 1.27 bits per heavy atom. The number of unbranched alkanes of at least 4 members (excludes halogenated alkanes) is 2. The largest absolute Gasteiger partial charge is 0.445 e. The smallest absolute Gasteiger partial charge is 0.410 e. The molecule has 260 valence electrons. The van der Waals surface area contributed by atoms with E-state index in [1.807, 2.05) is 60.7 Å². The minimum atomic E-state index is -0.838. The van der Waals surface area contributed by atoms with E-state index in [9.17, 15) is 24.0 Å². The van der Waals surface area contributed by atoms with Crippen molar-refractivity contribution >= 4 is 29.9 Å². The second-order valence-corrected chi connectivity index (χ2v) is 11.7. The summed E-state index contributed by atoms with van der Waals surface area (Å²) in [6, 6.07) is 24.5. The molecule has 49 heavy (non-hydrogen) atoms. The van der Waals surface area contributed by atoms with Gasteiger partial charge in [-0.2, -0.15) is 0 Å². The number of fused-ring (bicyclic) bond motifs is 1. The number of imide groups is 1. The third kappa shape index (κ3) is 11.2. The van der Waals surface area contributed by atoms with Gasteiger partial charge >= 0.3 is 12.2 Å². The van der Waals surface area contributed by atoms with Crippen molar-refractivity contribution in [3.05, 3.63) is 107 Å². The number of benzene rings is 3. The van der Waals surface area contributed by atoms with Crippen LogP contribution >= 0.6 is 0 Å². The summed E-state index contributed by atoms with van der Waals surface area (Å²) < 4.78 is 10.9. The van der Waals surface area contributed by atoms with Crippen molar-refractivity contribution in [1.82, 2.24) is 20.4 Å². The molecule has 12 nitrogen and oxygen atoms in total. The zero-order valence-electron chi connectivity index (χ0n) is 27.7. The van der Waals surface area contributed by atoms with E-state index in [0.717, 1.165) is 11.1 Å². The van der Waals surface area contributed by atoms with Crippen LogP contribution in [-0.2, 0) is 27.5 Å². The Labute approximate surface area is 286 Å². The molecule has 1 aliphatic rings. The third-order valence-corrected chi connectivity index (χ3v) is 8.09. The van der Waals surface area contributed by atoms with Crippen LogP contribution in [0.5, 0.6) is 0 Å². The fourth-order valence-electron chi connectivity index (χ4n) is 5.47. The van der Waals surface area contributed by atoms with Crippen LogP contribution in [0.3, 0.4) is 0 Å². The fourth-order valence-corrected chi connectivity index (χ4v) is 5.47. The van der Waals surface area contributed by atoms with Crippen LogP contribution in [0, 0.1) is 0 Å². The fraction of sp³-hybridized carbons (Fsp3) is 0.378. The molecular weight excluding hydrogens is 626 g/mol. The summed E-state index contributed by atoms with van der Waals surface area (Å²) in [5.41, 5.74) is 8.31. The van der Waals surface area contributed by atoms with E-state index in [0.29, 0.717) is 69.3 Å². The molecule has 0 fully saturated rings. The van der Waals surface area contributed by atoms with Crippen molar-refractivity contribution < 1.29 is 33.4 Å². The van der Waals surface area contributed by atoms with Gasteiger partial charge in [-0.15, -0.1) is 0 Å². The van der Waals surface area contributed by atoms with Crippen molar-refractivity contribution in [3.8, 4) is 0 Å². The Morgan fingerprint density at radius 1 is 0.694 bits per heavy atom. The molecule has 0 bridgehead atoms. The predicted octanol–water partition coefficient (Wildman–Crippen LogP) is 4.63. The van der Waals surface area contributed by atoms with Crippen molar-refractivity contribution in [2.75, 3.05) is 32.7 Å². The molecule has 12 heteroatoms. The normalized spacial score (nSPS) is 12.6. The molecule has 3 aromatic carbocycles. The van der Waals surface area contributed by atoms with Crippen LogP contribution in [0.1, 0.15) is 70.4 Å². The molecule has 1 atom stereocenters. The molecule has 1 heterocycles. The molecule has 0 aliphatic carbocycles. The number of nitrogens with two attached hydrogens (primary N) is 1. The lowest BCUT2D eigenvalue weighted by molar-refractivity contribution is -0.126. The predicted molar refractivity (Wildman–Crippen MR) is 183 cm³/mol. The summed E-state index contributed by atoms with van der Waals surface area (Å²) in [5.74, 6) is -0.897. The van der Waals surface area contributed by atoms with Crippen molar-refractivity contribution in [3.63, 3.8) is 0 Å². The first-order valence-electron chi connectivity index (χ1n) is 16.7. The van der Waals surface area contributed by atoms with Gasteiger partial charge < -0.3 is 25.8 Å². The van der Waals surface area contributed by atoms with Gasteiger partial charge in [0, 0.05) is 26.2 Å². The van der Waals surface area contributed by atoms with Crippen LogP contribution in [0.4, 0.5) is 9.59 Å². The molecule has 0 aromatic heterocycles. The SMILES string of the molecule is NCCCC(C(=O)NCCCCCN1C(=O)c2ccccc2C1=O)N(CCCNC(=O)OCc1ccccc1)C(=O)OCc1ccccc1. The lowest BCUT2D eigenvalue weighted by Crippen LogP contribution is -2.51. The standard InChI is InChI=1S/C37H45N5O7/c38-21-12-20-32(33(43)39-22-10-3-11-24-42-34(44)30-18-8-9-19-31(30)35(42)45)41(37(47)49-27-29-16-6-2-7-17-29)25-13-23-40-36(46)48-26-28-14-4-1-5-15-28/h1-2,4-9,14-19,32H,3,10-13,20-27,38H2,(H,39,43)(H,40,46). The first-order chi connectivity index (χ1) is 23.9. The zero-order valence-corrected chi connectivity index (χ0v) is 27.7. The van der Waals surface area contributed by atoms with E-state index in [-0.39, 0.29) is 44.0 Å². The second kappa shape index (κ2) is 19.6. The average Bonchev–Trinajstić information content (AvgIpc) is 3.37. The Bertz CT molecular complexity index is 1500. The highest BCUT2D eigenvalue weighted by molar-refractivity contribution is 6.21. The summed E-state index contributed by atoms with van der Waals surface area (Å²) in [7, 11) is 0. The van der Waals surface area contributed by atoms with E-state index in [1.54, 1.807) is 24.3 Å². The highest BCUT2D eigenvalue weighted by Gasteiger charge is 2.34. The number of nitrogens with one attached hydrogen (secondary N) is 2. The van der Waals surface area contributed by atoms with Gasteiger partial charge in [0.25, 0.3) is 11.8 Å². The van der Waals surface area contributed by atoms with Crippen LogP contribution in [0.15, 0.2) is 84.9 Å². The average molecular weight is 672 g/mol. The van der Waals surface area contributed by atoms with E-state index in [4.69, 9.17) is 15.2 Å². The quantitative estimate of drug-likeness (QED) is 0.123. The number of alkyl carbamates (subject to hydrolysis) is 1. The van der Waals surface area contributed by atoms with E-state index in [1.165, 1.54) is 9.80 Å². The van der Waals surface area contributed by atoms with E-state index >= 15 is 0 Å². The molecule has 0 radical (unpaired) electrons. The molecule has 0 saturated heterocycles. The number of carbonyl (C=O) groups is 5. The summed E-state index contributed by atoms with van der Waals surface area (Å²) >= 11 is 0. The number of hydrogen-bond donors (Lipinski definition) is 3. The zero-order chi connectivity index (χ0) is 34.8. The lowest BCUT2D eigenvalue weighted by Gasteiger charge is -2.30. The molecule has 1 unspecified atom stereocenters. The van der Waals surface area contributed by atoms with Crippen molar-refractivity contribution in [2.24, 2.45) is 5.73 Å². The topological polar surface area (TPSA) is 160 Å². The van der Waals surface area contributed by atoms with Gasteiger partial charge in [0.15, 0.2) is 0 Å². The van der Waals surface area contributed by atoms with E-state index < -0.39 is 18.2 Å². The summed E-state index contributed by atoms with van der Waals surface area (Å²) in [6.45, 7) is 1.52. The van der Waals surface area contributed by atoms with Gasteiger partial charge in [-0.3, -0.25) is 24.2 Å². The monoisotopic (exact) mass is 671 g/mol. The summed E-state index contributed by atoms with van der Waals surface area (Å²) in [6.07, 6.45) is 1.85. The maximum atomic E-state index is 13.5. The number of carbonyl (C=O) groups excluding carboxylic acids is 5. The Kier molecular flexibility index (Phi) is 14.6. The summed E-state index contributed by atoms with van der Waals surface area (Å²) in [4.78, 5) is 67.0. The van der Waals surface area contributed by atoms with Crippen molar-refractivity contribution in [1.29, 1.82) is 0 Å². The Balaban J connectivity index is 1.27. The number of nitrogens with zero attached hydrogens (tertiary/aromatic N) is 2. The highest BCUT2D eigenvalue weighted by atomic mass is 16.6. The molecule has 5 amide bonds. The minimum Gasteiger partial charge on any atom is -0.445 e. The number of hydrogen-bond acceptors (Lipinski definition) is 8. The number of ether oxygens (including phenoxy) is 2. The van der Waals surface area contributed by atoms with Crippen molar-refractivity contribution in [2.45, 2.75) is 57.8 Å². The van der Waals surface area contributed by atoms with Gasteiger partial charge in [-0.1, -0.05) is 72.8 Å². The second-order valence-electron chi connectivity index (χ2n) is 11.7. The molecule has 0 spiro atoms. The Hall–Kier alpha value is -5.23. The molecule has 1 aliphatic heterocycles. The maximum Gasteiger partial charge on any atom is 0.410 e. The highest BCUT2D eigenvalue weighted by Crippen LogP contribution is 2.22. The maximum absolute atomic E-state index is 13.5. The lowest BCUT2D eigenvalue weighted by atomic mass is 10.1. The third-order valence-electron chi connectivity index (χ3n) is 8.09. The van der Waals surface area contributed by atoms with Gasteiger partial charge in [-0.05, 0) is 68.3 Å². The van der Waals surface area contributed by atoms with Gasteiger partial charge in [-0.25, -0.2) is 9.59 Å². The molecule has 4 N–H and O–H groups in total. The van der Waals surface area contributed by atoms with Crippen LogP contribution in [-0.4, -0.2) is 78.5 Å². The van der Waals surface area contributed by atoms with E-state index in [2.05, 4.69) is 10.6 Å². The molecule has 3 aromatic rings. The van der Waals surface area contributed by atoms with Gasteiger partial charge in [0.2, 0.25) is 5.91 Å². The molecule has 4 rings (SSSR count). The van der Waals surface area contributed by atoms with Gasteiger partial charge in [0.1, 0.15) is 19.3 Å². The molecular formula is C37H45N5O7.